The number of nitrogens with two attached hydrogens (primary N) is 1. The van der Waals surface area contributed by atoms with Gasteiger partial charge in [-0.15, -0.1) is 5.92 Å². The van der Waals surface area contributed by atoms with E-state index in [2.05, 4.69) is 16.8 Å². The Hall–Kier alpha value is -2.82. The summed E-state index contributed by atoms with van der Waals surface area (Å²) in [6, 6.07) is -0.192. The van der Waals surface area contributed by atoms with Crippen molar-refractivity contribution in [3.8, 4) is 11.8 Å². The molecule has 3 N–H and O–H groups in total. The van der Waals surface area contributed by atoms with Crippen LogP contribution in [0.15, 0.2) is 16.8 Å². The molecule has 1 aliphatic heterocycles. The second-order valence-corrected chi connectivity index (χ2v) is 8.64. The van der Waals surface area contributed by atoms with Gasteiger partial charge in [0.15, 0.2) is 0 Å². The van der Waals surface area contributed by atoms with Gasteiger partial charge in [-0.2, -0.15) is 0 Å². The van der Waals surface area contributed by atoms with Crippen LogP contribution in [0.5, 0.6) is 0 Å². The van der Waals surface area contributed by atoms with E-state index >= 15 is 0 Å². The molecule has 2 unspecified atom stereocenters. The molecule has 1 fully saturated rings. The Morgan fingerprint density at radius 3 is 2.48 bits per heavy atom. The number of rotatable bonds is 4. The maximum Gasteiger partial charge on any atom is 0.410 e. The second-order valence-electron chi connectivity index (χ2n) is 8.64. The van der Waals surface area contributed by atoms with Gasteiger partial charge in [0.05, 0.1) is 12.3 Å². The van der Waals surface area contributed by atoms with Crippen molar-refractivity contribution in [2.45, 2.75) is 78.9 Å². The van der Waals surface area contributed by atoms with Crippen LogP contribution in [0.3, 0.4) is 0 Å². The summed E-state index contributed by atoms with van der Waals surface area (Å²) in [6.07, 6.45) is 5.57. The minimum atomic E-state index is -0.579. The summed E-state index contributed by atoms with van der Waals surface area (Å²) in [7, 11) is 0. The molecule has 1 rings (SSSR count). The first-order valence-electron chi connectivity index (χ1n) is 10.7. The van der Waals surface area contributed by atoms with Gasteiger partial charge in [0, 0.05) is 31.8 Å². The van der Waals surface area contributed by atoms with E-state index in [1.165, 1.54) is 18.2 Å². The second kappa shape index (κ2) is 12.1. The summed E-state index contributed by atoms with van der Waals surface area (Å²) in [5.41, 5.74) is 5.42. The number of carbonyl (C=O) groups excluding carboxylic acids is 2. The SMILES string of the molecule is CC#CC(C=C(C)N=CN)C(=N)N(C(C)=O)C1CCCCN(C(=O)OC(C)(C)C)CC1. The zero-order chi connectivity index (χ0) is 23.6. The largest absolute Gasteiger partial charge is 0.444 e. The lowest BCUT2D eigenvalue weighted by Crippen LogP contribution is -2.48. The topological polar surface area (TPSA) is 112 Å². The van der Waals surface area contributed by atoms with E-state index in [0.717, 1.165) is 19.3 Å². The number of aliphatic imine (C=N–C) groups is 1. The molecule has 1 aliphatic rings. The first-order chi connectivity index (χ1) is 14.5. The fourth-order valence-electron chi connectivity index (χ4n) is 3.53. The number of ether oxygens (including phenoxy) is 1. The first-order valence-corrected chi connectivity index (χ1v) is 10.7. The molecule has 1 heterocycles. The fourth-order valence-corrected chi connectivity index (χ4v) is 3.53. The molecule has 0 spiro atoms. The number of hydrogen-bond acceptors (Lipinski definition) is 5. The summed E-state index contributed by atoms with van der Waals surface area (Å²) >= 11 is 0. The van der Waals surface area contributed by atoms with Gasteiger partial charge in [-0.25, -0.2) is 9.79 Å². The van der Waals surface area contributed by atoms with Crippen molar-refractivity contribution in [1.29, 1.82) is 5.41 Å². The average molecular weight is 432 g/mol. The molecule has 0 bridgehead atoms. The van der Waals surface area contributed by atoms with Crippen LogP contribution in [0.25, 0.3) is 0 Å². The monoisotopic (exact) mass is 431 g/mol. The number of hydrogen-bond donors (Lipinski definition) is 2. The van der Waals surface area contributed by atoms with Gasteiger partial charge in [-0.05, 0) is 66.4 Å². The molecule has 0 saturated carbocycles. The van der Waals surface area contributed by atoms with E-state index in [1.807, 2.05) is 20.8 Å². The molecule has 0 aromatic heterocycles. The molecule has 1 saturated heterocycles. The van der Waals surface area contributed by atoms with Crippen molar-refractivity contribution in [2.24, 2.45) is 16.6 Å². The normalized spacial score (nSPS) is 19.0. The van der Waals surface area contributed by atoms with Gasteiger partial charge in [0.25, 0.3) is 0 Å². The van der Waals surface area contributed by atoms with Crippen LogP contribution >= 0.6 is 0 Å². The third kappa shape index (κ3) is 8.83. The summed E-state index contributed by atoms with van der Waals surface area (Å²) < 4.78 is 5.52. The number of amides is 2. The lowest BCUT2D eigenvalue weighted by atomic mass is 9.98. The van der Waals surface area contributed by atoms with E-state index in [0.29, 0.717) is 25.2 Å². The number of allylic oxidation sites excluding steroid dienone is 1. The summed E-state index contributed by atoms with van der Waals surface area (Å²) in [5, 5.41) is 8.75. The van der Waals surface area contributed by atoms with E-state index < -0.39 is 11.5 Å². The maximum atomic E-state index is 12.6. The molecule has 0 aliphatic carbocycles. The minimum absolute atomic E-state index is 0.114. The van der Waals surface area contributed by atoms with Crippen LogP contribution < -0.4 is 5.73 Å². The van der Waals surface area contributed by atoms with Gasteiger partial charge in [0.2, 0.25) is 5.91 Å². The van der Waals surface area contributed by atoms with Crippen LogP contribution in [0.2, 0.25) is 0 Å². The zero-order valence-corrected chi connectivity index (χ0v) is 19.7. The highest BCUT2D eigenvalue weighted by molar-refractivity contribution is 5.99. The molecule has 31 heavy (non-hydrogen) atoms. The summed E-state index contributed by atoms with van der Waals surface area (Å²) in [4.78, 5) is 32.3. The quantitative estimate of drug-likeness (QED) is 0.403. The van der Waals surface area contributed by atoms with Gasteiger partial charge >= 0.3 is 6.09 Å². The standard InChI is InChI=1S/C23H37N5O3/c1-7-10-19(15-17(2)26-16-24)21(25)28(18(3)29)20-11-8-9-13-27(14-12-20)22(30)31-23(4,5)6/h15-16,19-20,25H,8-9,11-14H2,1-6H3,(H2,24,26). The molecule has 0 aromatic rings. The van der Waals surface area contributed by atoms with Crippen LogP contribution in [0, 0.1) is 23.2 Å². The van der Waals surface area contributed by atoms with E-state index in [-0.39, 0.29) is 23.9 Å². The molecule has 2 atom stereocenters. The molecule has 2 amide bonds. The third-order valence-electron chi connectivity index (χ3n) is 4.84. The Balaban J connectivity index is 3.07. The summed E-state index contributed by atoms with van der Waals surface area (Å²) in [6.45, 7) is 11.6. The van der Waals surface area contributed by atoms with Gasteiger partial charge in [-0.3, -0.25) is 15.1 Å². The number of nitrogens with one attached hydrogen (secondary N) is 1. The molecule has 0 radical (unpaired) electrons. The zero-order valence-electron chi connectivity index (χ0n) is 19.7. The van der Waals surface area contributed by atoms with E-state index in [9.17, 15) is 9.59 Å². The highest BCUT2D eigenvalue weighted by Gasteiger charge is 2.31. The molecule has 8 heteroatoms. The number of nitrogens with zero attached hydrogens (tertiary/aromatic N) is 3. The smallest absolute Gasteiger partial charge is 0.410 e. The highest BCUT2D eigenvalue weighted by Crippen LogP contribution is 2.22. The average Bonchev–Trinajstić information content (AvgIpc) is 2.61. The fraction of sp³-hybridized carbons (Fsp3) is 0.652. The Morgan fingerprint density at radius 2 is 1.94 bits per heavy atom. The number of carbonyl (C=O) groups is 2. The lowest BCUT2D eigenvalue weighted by Gasteiger charge is -2.36. The Kier molecular flexibility index (Phi) is 10.3. The molecular weight excluding hydrogens is 394 g/mol. The molecule has 8 nitrogen and oxygen atoms in total. The minimum Gasteiger partial charge on any atom is -0.444 e. The van der Waals surface area contributed by atoms with E-state index in [1.54, 1.807) is 24.8 Å². The van der Waals surface area contributed by atoms with Gasteiger partial charge in [0.1, 0.15) is 11.4 Å². The number of amidine groups is 1. The van der Waals surface area contributed by atoms with Crippen LogP contribution in [-0.4, -0.2) is 58.7 Å². The third-order valence-corrected chi connectivity index (χ3v) is 4.84. The van der Waals surface area contributed by atoms with Crippen molar-refractivity contribution < 1.29 is 14.3 Å². The van der Waals surface area contributed by atoms with Crippen LogP contribution in [-0.2, 0) is 9.53 Å². The predicted octanol–water partition coefficient (Wildman–Crippen LogP) is 3.52. The molecule has 0 aromatic carbocycles. The molecule has 172 valence electrons. The lowest BCUT2D eigenvalue weighted by molar-refractivity contribution is -0.127. The van der Waals surface area contributed by atoms with Gasteiger partial charge < -0.3 is 15.4 Å². The Labute approximate surface area is 186 Å². The van der Waals surface area contributed by atoms with Crippen molar-refractivity contribution in [2.75, 3.05) is 13.1 Å². The van der Waals surface area contributed by atoms with Crippen LogP contribution in [0.4, 0.5) is 4.79 Å². The Bertz CT molecular complexity index is 770. The van der Waals surface area contributed by atoms with Crippen molar-refractivity contribution >= 4 is 24.2 Å². The predicted molar refractivity (Wildman–Crippen MR) is 124 cm³/mol. The van der Waals surface area contributed by atoms with Crippen molar-refractivity contribution in [3.63, 3.8) is 0 Å². The van der Waals surface area contributed by atoms with Crippen molar-refractivity contribution in [3.05, 3.63) is 11.8 Å². The molecular formula is C23H37N5O3. The van der Waals surface area contributed by atoms with E-state index in [4.69, 9.17) is 15.9 Å². The Morgan fingerprint density at radius 1 is 1.26 bits per heavy atom. The van der Waals surface area contributed by atoms with Gasteiger partial charge in [-0.1, -0.05) is 5.92 Å². The highest BCUT2D eigenvalue weighted by atomic mass is 16.6. The summed E-state index contributed by atoms with van der Waals surface area (Å²) in [5.74, 6) is 5.14. The van der Waals surface area contributed by atoms with Crippen LogP contribution in [0.1, 0.15) is 67.2 Å². The first kappa shape index (κ1) is 26.2. The maximum absolute atomic E-state index is 12.6. The number of likely N-dealkylation sites (tertiary alicyclic amines) is 1. The van der Waals surface area contributed by atoms with Crippen molar-refractivity contribution in [1.82, 2.24) is 9.80 Å².